The number of carbonyl (C=O) groups is 1. The van der Waals surface area contributed by atoms with E-state index in [1.807, 2.05) is 54.6 Å². The van der Waals surface area contributed by atoms with Crippen LogP contribution in [0.5, 0.6) is 17.2 Å². The van der Waals surface area contributed by atoms with Gasteiger partial charge in [0.05, 0.1) is 40.0 Å². The topological polar surface area (TPSA) is 88.4 Å². The van der Waals surface area contributed by atoms with Gasteiger partial charge in [0.15, 0.2) is 16.3 Å². The van der Waals surface area contributed by atoms with Gasteiger partial charge in [0, 0.05) is 5.56 Å². The van der Waals surface area contributed by atoms with Crippen molar-refractivity contribution in [3.8, 4) is 17.2 Å². The van der Waals surface area contributed by atoms with Crippen LogP contribution < -0.4 is 29.1 Å². The van der Waals surface area contributed by atoms with Crippen molar-refractivity contribution in [3.05, 3.63) is 113 Å². The first-order valence-corrected chi connectivity index (χ1v) is 14.1. The molecule has 0 fully saturated rings. The molecule has 202 valence electrons. The van der Waals surface area contributed by atoms with Gasteiger partial charge < -0.3 is 18.9 Å². The lowest BCUT2D eigenvalue weighted by molar-refractivity contribution is -0.138. The number of benzene rings is 3. The third-order valence-corrected chi connectivity index (χ3v) is 8.16. The summed E-state index contributed by atoms with van der Waals surface area (Å²) >= 11 is 4.77. The van der Waals surface area contributed by atoms with Gasteiger partial charge in [-0.2, -0.15) is 0 Å². The van der Waals surface area contributed by atoms with Gasteiger partial charge in [-0.1, -0.05) is 53.8 Å². The predicted octanol–water partition coefficient (Wildman–Crippen LogP) is 4.44. The number of esters is 1. The summed E-state index contributed by atoms with van der Waals surface area (Å²) in [6.07, 6.45) is 1.81. The molecular formula is C30H23BrN2O6S. The van der Waals surface area contributed by atoms with Gasteiger partial charge in [-0.3, -0.25) is 9.36 Å². The van der Waals surface area contributed by atoms with E-state index in [-0.39, 0.29) is 24.5 Å². The molecule has 0 saturated heterocycles. The maximum Gasteiger partial charge on any atom is 0.338 e. The number of hydrogen-bond acceptors (Lipinski definition) is 8. The molecule has 0 amide bonds. The highest BCUT2D eigenvalue weighted by Crippen LogP contribution is 2.40. The molecule has 4 aromatic rings. The first kappa shape index (κ1) is 26.1. The molecule has 0 saturated carbocycles. The Kier molecular flexibility index (Phi) is 7.03. The number of nitrogens with zero attached hydrogens (tertiary/aromatic N) is 2. The van der Waals surface area contributed by atoms with Crippen LogP contribution in [0.15, 0.2) is 86.6 Å². The van der Waals surface area contributed by atoms with Crippen molar-refractivity contribution < 1.29 is 23.7 Å². The summed E-state index contributed by atoms with van der Waals surface area (Å²) in [6.45, 7) is 2.03. The minimum absolute atomic E-state index is 0.106. The molecule has 40 heavy (non-hydrogen) atoms. The molecule has 0 spiro atoms. The zero-order valence-electron chi connectivity index (χ0n) is 21.5. The number of methoxy groups -OCH3 is 1. The Morgan fingerprint density at radius 3 is 2.67 bits per heavy atom. The van der Waals surface area contributed by atoms with Gasteiger partial charge in [-0.15, -0.1) is 0 Å². The van der Waals surface area contributed by atoms with Gasteiger partial charge in [0.1, 0.15) is 5.75 Å². The summed E-state index contributed by atoms with van der Waals surface area (Å²) in [5.41, 5.74) is 2.70. The zero-order chi connectivity index (χ0) is 27.8. The van der Waals surface area contributed by atoms with E-state index >= 15 is 0 Å². The van der Waals surface area contributed by atoms with E-state index in [2.05, 4.69) is 15.9 Å². The molecule has 0 unspecified atom stereocenters. The Hall–Kier alpha value is -4.15. The standard InChI is InChI=1S/C30H23BrN2O6S/c1-3-37-29(35)25-26(18-7-5-4-6-8-18)32-30-33(27(25)19-10-12-22-23(15-19)39-16-38-22)28(34)24(40-30)14-17-9-11-21(36-2)20(31)13-17/h4-15,27H,3,16H2,1-2H3/b24-14+/t27-/m0/s1. The van der Waals surface area contributed by atoms with Crippen molar-refractivity contribution in [3.63, 3.8) is 0 Å². The predicted molar refractivity (Wildman–Crippen MR) is 154 cm³/mol. The second kappa shape index (κ2) is 10.8. The number of halogens is 1. The first-order valence-electron chi connectivity index (χ1n) is 12.5. The number of thiazole rings is 1. The van der Waals surface area contributed by atoms with Crippen molar-refractivity contribution in [1.29, 1.82) is 0 Å². The van der Waals surface area contributed by atoms with E-state index in [4.69, 9.17) is 23.9 Å². The number of aromatic nitrogens is 1. The highest BCUT2D eigenvalue weighted by atomic mass is 79.9. The molecular weight excluding hydrogens is 596 g/mol. The number of carbonyl (C=O) groups excluding carboxylic acids is 1. The average Bonchev–Trinajstić information content (AvgIpc) is 3.56. The van der Waals surface area contributed by atoms with Crippen LogP contribution in [0.2, 0.25) is 0 Å². The third kappa shape index (κ3) is 4.63. The van der Waals surface area contributed by atoms with Crippen LogP contribution in [0.4, 0.5) is 0 Å². The maximum absolute atomic E-state index is 14.0. The molecule has 2 aliphatic heterocycles. The highest BCUT2D eigenvalue weighted by molar-refractivity contribution is 9.10. The van der Waals surface area contributed by atoms with Crippen molar-refractivity contribution in [1.82, 2.24) is 4.57 Å². The van der Waals surface area contributed by atoms with Crippen molar-refractivity contribution >= 4 is 45.0 Å². The highest BCUT2D eigenvalue weighted by Gasteiger charge is 2.36. The Labute approximate surface area is 241 Å². The molecule has 0 N–H and O–H groups in total. The molecule has 0 radical (unpaired) electrons. The normalized spacial score (nSPS) is 16.0. The molecule has 3 aromatic carbocycles. The summed E-state index contributed by atoms with van der Waals surface area (Å²) < 4.78 is 24.8. The summed E-state index contributed by atoms with van der Waals surface area (Å²) in [5.74, 6) is 1.30. The quantitative estimate of drug-likeness (QED) is 0.297. The van der Waals surface area contributed by atoms with Crippen LogP contribution in [0, 0.1) is 0 Å². The van der Waals surface area contributed by atoms with Gasteiger partial charge >= 0.3 is 5.97 Å². The summed E-state index contributed by atoms with van der Waals surface area (Å²) in [6, 6.07) is 19.6. The van der Waals surface area contributed by atoms with Gasteiger partial charge in [0.2, 0.25) is 6.79 Å². The summed E-state index contributed by atoms with van der Waals surface area (Å²) in [5, 5.41) is 0. The number of ether oxygens (including phenoxy) is 4. The fraction of sp³-hybridized carbons (Fsp3) is 0.167. The fourth-order valence-electron chi connectivity index (χ4n) is 4.76. The van der Waals surface area contributed by atoms with Crippen molar-refractivity contribution in [2.75, 3.05) is 20.5 Å². The van der Waals surface area contributed by atoms with Crippen LogP contribution in [0.25, 0.3) is 11.8 Å². The second-order valence-electron chi connectivity index (χ2n) is 8.94. The average molecular weight is 619 g/mol. The smallest absolute Gasteiger partial charge is 0.338 e. The van der Waals surface area contributed by atoms with Crippen molar-refractivity contribution in [2.45, 2.75) is 13.0 Å². The van der Waals surface area contributed by atoms with E-state index in [0.29, 0.717) is 37.8 Å². The van der Waals surface area contributed by atoms with Crippen molar-refractivity contribution in [2.24, 2.45) is 4.99 Å². The molecule has 3 heterocycles. The van der Waals surface area contributed by atoms with Gasteiger partial charge in [0.25, 0.3) is 5.56 Å². The molecule has 2 aliphatic rings. The Bertz CT molecular complexity index is 1840. The molecule has 8 nitrogen and oxygen atoms in total. The van der Waals surface area contributed by atoms with E-state index in [1.54, 1.807) is 36.8 Å². The monoisotopic (exact) mass is 618 g/mol. The Balaban J connectivity index is 1.62. The Morgan fingerprint density at radius 1 is 1.12 bits per heavy atom. The van der Waals surface area contributed by atoms with E-state index in [9.17, 15) is 9.59 Å². The minimum Gasteiger partial charge on any atom is -0.496 e. The molecule has 0 aliphatic carbocycles. The lowest BCUT2D eigenvalue weighted by Gasteiger charge is -2.26. The van der Waals surface area contributed by atoms with Gasteiger partial charge in [-0.25, -0.2) is 9.79 Å². The largest absolute Gasteiger partial charge is 0.496 e. The van der Waals surface area contributed by atoms with Gasteiger partial charge in [-0.05, 0) is 64.3 Å². The molecule has 0 bridgehead atoms. The third-order valence-electron chi connectivity index (χ3n) is 6.56. The van der Waals surface area contributed by atoms with Crippen LogP contribution in [-0.4, -0.2) is 31.0 Å². The maximum atomic E-state index is 14.0. The molecule has 1 aromatic heterocycles. The number of hydrogen-bond donors (Lipinski definition) is 0. The fourth-order valence-corrected chi connectivity index (χ4v) is 6.32. The number of fused-ring (bicyclic) bond motifs is 2. The second-order valence-corrected chi connectivity index (χ2v) is 10.8. The van der Waals surface area contributed by atoms with E-state index < -0.39 is 12.0 Å². The summed E-state index contributed by atoms with van der Waals surface area (Å²) in [4.78, 5) is 33.0. The lowest BCUT2D eigenvalue weighted by Crippen LogP contribution is -2.40. The molecule has 1 atom stereocenters. The first-order chi connectivity index (χ1) is 19.5. The van der Waals surface area contributed by atoms with Crippen LogP contribution in [0.1, 0.15) is 29.7 Å². The molecule has 6 rings (SSSR count). The van der Waals surface area contributed by atoms with Crippen LogP contribution >= 0.6 is 27.3 Å². The van der Waals surface area contributed by atoms with E-state index in [0.717, 1.165) is 15.6 Å². The number of rotatable bonds is 6. The SMILES string of the molecule is CCOC(=O)C1=C(c2ccccc2)N=c2s/c(=C/c3ccc(OC)c(Br)c3)c(=O)n2[C@H]1c1ccc2c(c1)OCO2. The minimum atomic E-state index is -0.801. The van der Waals surface area contributed by atoms with E-state index in [1.165, 1.54) is 11.3 Å². The Morgan fingerprint density at radius 2 is 1.93 bits per heavy atom. The van der Waals surface area contributed by atoms with Crippen LogP contribution in [-0.2, 0) is 9.53 Å². The lowest BCUT2D eigenvalue weighted by atomic mass is 9.93. The summed E-state index contributed by atoms with van der Waals surface area (Å²) in [7, 11) is 1.60. The zero-order valence-corrected chi connectivity index (χ0v) is 24.0. The molecule has 10 heteroatoms. The van der Waals surface area contributed by atoms with Crippen LogP contribution in [0.3, 0.4) is 0 Å².